The van der Waals surface area contributed by atoms with E-state index in [1.54, 1.807) is 0 Å². The molecule has 0 amide bonds. The van der Waals surface area contributed by atoms with E-state index < -0.39 is 5.60 Å². The highest BCUT2D eigenvalue weighted by molar-refractivity contribution is 4.83. The van der Waals surface area contributed by atoms with Crippen molar-refractivity contribution in [2.45, 2.75) is 32.8 Å². The zero-order valence-electron chi connectivity index (χ0n) is 7.80. The highest BCUT2D eigenvalue weighted by atomic mass is 16.3. The van der Waals surface area contributed by atoms with Crippen LogP contribution in [0.5, 0.6) is 0 Å². The molecule has 2 nitrogen and oxygen atoms in total. The van der Waals surface area contributed by atoms with Crippen molar-refractivity contribution in [1.82, 2.24) is 4.90 Å². The first-order chi connectivity index (χ1) is 5.01. The van der Waals surface area contributed by atoms with Crippen LogP contribution in [0.4, 0.5) is 0 Å². The highest BCUT2D eigenvalue weighted by Crippen LogP contribution is 2.20. The molecule has 0 aliphatic carbocycles. The van der Waals surface area contributed by atoms with E-state index in [1.165, 1.54) is 19.5 Å². The molecule has 0 spiro atoms. The number of hydrogen-bond acceptors (Lipinski definition) is 2. The Morgan fingerprint density at radius 3 is 2.36 bits per heavy atom. The lowest BCUT2D eigenvalue weighted by Crippen LogP contribution is -2.51. The Morgan fingerprint density at radius 1 is 1.45 bits per heavy atom. The summed E-state index contributed by atoms with van der Waals surface area (Å²) < 4.78 is 0. The largest absolute Gasteiger partial charge is 0.389 e. The number of β-amino-alcohol motifs (C(OH)–C–C–N with tert-alkyl or cyclic N) is 1. The van der Waals surface area contributed by atoms with Gasteiger partial charge in [-0.2, -0.15) is 0 Å². The van der Waals surface area contributed by atoms with Crippen molar-refractivity contribution >= 4 is 0 Å². The minimum atomic E-state index is -0.515. The molecule has 66 valence electrons. The summed E-state index contributed by atoms with van der Waals surface area (Å²) in [6.45, 7) is 9.15. The lowest BCUT2D eigenvalue weighted by molar-refractivity contribution is -0.00826. The zero-order chi connectivity index (χ0) is 8.48. The average molecular weight is 157 g/mol. The molecule has 0 radical (unpaired) electrons. The molecule has 0 aromatic carbocycles. The molecule has 11 heavy (non-hydrogen) atoms. The molecule has 0 atom stereocenters. The third-order valence-electron chi connectivity index (χ3n) is 2.22. The van der Waals surface area contributed by atoms with Crippen molar-refractivity contribution < 1.29 is 5.11 Å². The monoisotopic (exact) mass is 157 g/mol. The predicted octanol–water partition coefficient (Wildman–Crippen LogP) is 1.10. The Morgan fingerprint density at radius 2 is 2.00 bits per heavy atom. The lowest BCUT2D eigenvalue weighted by atomic mass is 9.95. The summed E-state index contributed by atoms with van der Waals surface area (Å²) in [4.78, 5) is 2.31. The maximum Gasteiger partial charge on any atom is 0.0718 e. The first-order valence-corrected chi connectivity index (χ1v) is 4.46. The van der Waals surface area contributed by atoms with Gasteiger partial charge in [0.1, 0.15) is 0 Å². The van der Waals surface area contributed by atoms with Gasteiger partial charge >= 0.3 is 0 Å². The first-order valence-electron chi connectivity index (χ1n) is 4.46. The summed E-state index contributed by atoms with van der Waals surface area (Å²) in [5, 5.41) is 9.47. The molecule has 0 aromatic heterocycles. The minimum absolute atomic E-state index is 0.515. The van der Waals surface area contributed by atoms with E-state index in [0.717, 1.165) is 12.5 Å². The maximum absolute atomic E-state index is 9.47. The van der Waals surface area contributed by atoms with Gasteiger partial charge in [-0.15, -0.1) is 0 Å². The molecule has 1 rings (SSSR count). The van der Waals surface area contributed by atoms with Crippen molar-refractivity contribution in [2.24, 2.45) is 5.92 Å². The van der Waals surface area contributed by atoms with Gasteiger partial charge in [0.15, 0.2) is 0 Å². The van der Waals surface area contributed by atoms with Crippen LogP contribution in [0.25, 0.3) is 0 Å². The predicted molar refractivity (Wildman–Crippen MR) is 46.5 cm³/mol. The van der Waals surface area contributed by atoms with Gasteiger partial charge < -0.3 is 5.11 Å². The second-order valence-electron chi connectivity index (χ2n) is 4.28. The van der Waals surface area contributed by atoms with E-state index in [4.69, 9.17) is 0 Å². The van der Waals surface area contributed by atoms with Crippen molar-refractivity contribution in [3.05, 3.63) is 0 Å². The molecule has 0 aromatic rings. The fourth-order valence-corrected chi connectivity index (χ4v) is 1.61. The minimum Gasteiger partial charge on any atom is -0.389 e. The van der Waals surface area contributed by atoms with Gasteiger partial charge in [-0.1, -0.05) is 13.3 Å². The molecule has 1 saturated heterocycles. The number of hydrogen-bond donors (Lipinski definition) is 1. The maximum atomic E-state index is 9.47. The first kappa shape index (κ1) is 9.01. The van der Waals surface area contributed by atoms with Gasteiger partial charge in [0.2, 0.25) is 0 Å². The highest BCUT2D eigenvalue weighted by Gasteiger charge is 2.28. The summed E-state index contributed by atoms with van der Waals surface area (Å²) in [7, 11) is 0. The van der Waals surface area contributed by atoms with Crippen LogP contribution in [0, 0.1) is 5.92 Å². The molecule has 0 saturated carbocycles. The Hall–Kier alpha value is -0.0800. The van der Waals surface area contributed by atoms with Crippen LogP contribution in [0.15, 0.2) is 0 Å². The normalized spacial score (nSPS) is 21.8. The molecule has 1 heterocycles. The van der Waals surface area contributed by atoms with Crippen LogP contribution in [0.1, 0.15) is 27.2 Å². The van der Waals surface area contributed by atoms with Crippen LogP contribution >= 0.6 is 0 Å². The molecule has 0 unspecified atom stereocenters. The van der Waals surface area contributed by atoms with Crippen LogP contribution in [-0.2, 0) is 0 Å². The van der Waals surface area contributed by atoms with Gasteiger partial charge in [0.25, 0.3) is 0 Å². The smallest absolute Gasteiger partial charge is 0.0718 e. The van der Waals surface area contributed by atoms with E-state index in [-0.39, 0.29) is 0 Å². The summed E-state index contributed by atoms with van der Waals surface area (Å²) in [5.41, 5.74) is -0.515. The van der Waals surface area contributed by atoms with Crippen molar-refractivity contribution in [3.8, 4) is 0 Å². The molecule has 1 aliphatic rings. The number of rotatable bonds is 3. The van der Waals surface area contributed by atoms with Gasteiger partial charge in [0, 0.05) is 19.6 Å². The third kappa shape index (κ3) is 2.80. The molecule has 1 fully saturated rings. The molecule has 1 N–H and O–H groups in total. The Kier molecular flexibility index (Phi) is 2.55. The second kappa shape index (κ2) is 3.11. The van der Waals surface area contributed by atoms with E-state index in [2.05, 4.69) is 11.8 Å². The van der Waals surface area contributed by atoms with Gasteiger partial charge in [0.05, 0.1) is 5.60 Å². The molecule has 1 aliphatic heterocycles. The molecular weight excluding hydrogens is 138 g/mol. The number of aliphatic hydroxyl groups is 1. The van der Waals surface area contributed by atoms with E-state index in [1.807, 2.05) is 13.8 Å². The average Bonchev–Trinajstić information content (AvgIpc) is 1.75. The van der Waals surface area contributed by atoms with Crippen LogP contribution in [0.3, 0.4) is 0 Å². The molecule has 0 bridgehead atoms. The quantitative estimate of drug-likeness (QED) is 0.663. The van der Waals surface area contributed by atoms with Gasteiger partial charge in [-0.3, -0.25) is 4.90 Å². The fourth-order valence-electron chi connectivity index (χ4n) is 1.61. The second-order valence-corrected chi connectivity index (χ2v) is 4.28. The fraction of sp³-hybridized carbons (Fsp3) is 1.00. The summed E-state index contributed by atoms with van der Waals surface area (Å²) in [5.74, 6) is 0.886. The van der Waals surface area contributed by atoms with Crippen LogP contribution in [0.2, 0.25) is 0 Å². The standard InChI is InChI=1S/C9H19NO/c1-4-8-5-10(6-8)7-9(2,3)11/h8,11H,4-7H2,1-3H3. The third-order valence-corrected chi connectivity index (χ3v) is 2.22. The summed E-state index contributed by atoms with van der Waals surface area (Å²) >= 11 is 0. The Balaban J connectivity index is 2.14. The van der Waals surface area contributed by atoms with Gasteiger partial charge in [-0.25, -0.2) is 0 Å². The van der Waals surface area contributed by atoms with Crippen molar-refractivity contribution in [3.63, 3.8) is 0 Å². The molecular formula is C9H19NO. The van der Waals surface area contributed by atoms with Crippen LogP contribution < -0.4 is 0 Å². The zero-order valence-corrected chi connectivity index (χ0v) is 7.80. The number of nitrogens with zero attached hydrogens (tertiary/aromatic N) is 1. The summed E-state index contributed by atoms with van der Waals surface area (Å²) in [6, 6.07) is 0. The van der Waals surface area contributed by atoms with Crippen LogP contribution in [-0.4, -0.2) is 35.2 Å². The van der Waals surface area contributed by atoms with E-state index >= 15 is 0 Å². The van der Waals surface area contributed by atoms with Gasteiger partial charge in [-0.05, 0) is 19.8 Å². The SMILES string of the molecule is CCC1CN(CC(C)(C)O)C1. The van der Waals surface area contributed by atoms with E-state index in [9.17, 15) is 5.11 Å². The number of likely N-dealkylation sites (tertiary alicyclic amines) is 1. The Labute approximate surface area is 69.2 Å². The topological polar surface area (TPSA) is 23.5 Å². The Bertz CT molecular complexity index is 122. The van der Waals surface area contributed by atoms with Crippen molar-refractivity contribution in [2.75, 3.05) is 19.6 Å². The summed E-state index contributed by atoms with van der Waals surface area (Å²) in [6.07, 6.45) is 1.28. The van der Waals surface area contributed by atoms with E-state index in [0.29, 0.717) is 0 Å². The lowest BCUT2D eigenvalue weighted by Gasteiger charge is -2.41. The van der Waals surface area contributed by atoms with Crippen molar-refractivity contribution in [1.29, 1.82) is 0 Å². The molecule has 2 heteroatoms.